The van der Waals surface area contributed by atoms with Crippen LogP contribution in [0, 0.1) is 17.4 Å². The van der Waals surface area contributed by atoms with E-state index in [1.54, 1.807) is 6.07 Å². The molecule has 0 radical (unpaired) electrons. The van der Waals surface area contributed by atoms with E-state index in [0.29, 0.717) is 11.5 Å². The molecule has 142 valence electrons. The highest BCUT2D eigenvalue weighted by Gasteiger charge is 2.17. The van der Waals surface area contributed by atoms with Crippen molar-refractivity contribution in [2.75, 3.05) is 13.0 Å². The molecule has 0 heterocycles. The van der Waals surface area contributed by atoms with Crippen molar-refractivity contribution in [1.82, 2.24) is 0 Å². The van der Waals surface area contributed by atoms with Crippen molar-refractivity contribution in [1.29, 1.82) is 0 Å². The van der Waals surface area contributed by atoms with Gasteiger partial charge in [0.05, 0.1) is 3.57 Å². The topological polar surface area (TPSA) is 66.8 Å². The second-order valence-electron chi connectivity index (χ2n) is 7.16. The van der Waals surface area contributed by atoms with Crippen LogP contribution in [-0.2, 0) is 11.0 Å². The number of phenols is 1. The van der Waals surface area contributed by atoms with Gasteiger partial charge in [-0.3, -0.25) is 4.57 Å². The molecule has 0 amide bonds. The molecule has 0 saturated carbocycles. The zero-order chi connectivity index (χ0) is 19.6. The lowest BCUT2D eigenvalue weighted by Gasteiger charge is -2.18. The summed E-state index contributed by atoms with van der Waals surface area (Å²) >= 11 is 2.23. The van der Waals surface area contributed by atoms with Gasteiger partial charge in [0.15, 0.2) is 6.35 Å². The Kier molecular flexibility index (Phi) is 6.81. The molecule has 1 unspecified atom stereocenters. The fraction of sp³-hybridized carbons (Fsp3) is 0.400. The summed E-state index contributed by atoms with van der Waals surface area (Å²) in [5, 5.41) is 10.0. The van der Waals surface area contributed by atoms with Crippen LogP contribution in [-0.4, -0.2) is 23.0 Å². The van der Waals surface area contributed by atoms with Crippen LogP contribution in [0.1, 0.15) is 47.6 Å². The monoisotopic (exact) mass is 488 g/mol. The van der Waals surface area contributed by atoms with Crippen LogP contribution in [0.5, 0.6) is 11.5 Å². The molecule has 2 N–H and O–H groups in total. The van der Waals surface area contributed by atoms with E-state index in [1.165, 1.54) is 12.2 Å². The third kappa shape index (κ3) is 5.24. The number of halogens is 1. The molecule has 0 fully saturated rings. The standard InChI is InChI=1S/C20H26IO4P/c1-12(2)16-9-15(6-7-18(16)22)10-17-13(3)8-19(20(21)14(17)4)25-11-26(5,23)24/h6-9,12,22H,10-11H2,1-5H3,(H,23,24). The quantitative estimate of drug-likeness (QED) is 0.413. The lowest BCUT2D eigenvalue weighted by molar-refractivity contribution is 0.350. The maximum Gasteiger partial charge on any atom is 0.233 e. The van der Waals surface area contributed by atoms with Crippen molar-refractivity contribution in [3.63, 3.8) is 0 Å². The molecule has 2 aromatic rings. The maximum absolute atomic E-state index is 11.5. The first-order valence-electron chi connectivity index (χ1n) is 8.52. The summed E-state index contributed by atoms with van der Waals surface area (Å²) in [6, 6.07) is 7.72. The molecule has 0 spiro atoms. The van der Waals surface area contributed by atoms with E-state index >= 15 is 0 Å². The van der Waals surface area contributed by atoms with Gasteiger partial charge in [-0.05, 0) is 88.7 Å². The number of hydrogen-bond acceptors (Lipinski definition) is 3. The molecule has 6 heteroatoms. The maximum atomic E-state index is 11.5. The Morgan fingerprint density at radius 3 is 2.46 bits per heavy atom. The minimum atomic E-state index is -3.22. The SMILES string of the molecule is Cc1cc(OCP(C)(=O)O)c(I)c(C)c1Cc1ccc(O)c(C(C)C)c1. The van der Waals surface area contributed by atoms with E-state index in [1.807, 2.05) is 26.0 Å². The highest BCUT2D eigenvalue weighted by molar-refractivity contribution is 14.1. The summed E-state index contributed by atoms with van der Waals surface area (Å²) in [5.41, 5.74) is 5.51. The molecule has 0 aliphatic carbocycles. The van der Waals surface area contributed by atoms with Gasteiger partial charge in [0, 0.05) is 6.66 Å². The van der Waals surface area contributed by atoms with Gasteiger partial charge in [-0.1, -0.05) is 26.0 Å². The Balaban J connectivity index is 2.35. The van der Waals surface area contributed by atoms with E-state index in [4.69, 9.17) is 4.74 Å². The predicted octanol–water partition coefficient (Wildman–Crippen LogP) is 5.56. The van der Waals surface area contributed by atoms with Gasteiger partial charge in [-0.25, -0.2) is 0 Å². The van der Waals surface area contributed by atoms with Gasteiger partial charge in [0.25, 0.3) is 0 Å². The van der Waals surface area contributed by atoms with Gasteiger partial charge in [-0.15, -0.1) is 0 Å². The minimum Gasteiger partial charge on any atom is -0.508 e. The average molecular weight is 488 g/mol. The summed E-state index contributed by atoms with van der Waals surface area (Å²) in [6.45, 7) is 9.51. The van der Waals surface area contributed by atoms with Gasteiger partial charge in [0.1, 0.15) is 11.5 Å². The molecule has 0 aromatic heterocycles. The van der Waals surface area contributed by atoms with Crippen LogP contribution < -0.4 is 4.74 Å². The van der Waals surface area contributed by atoms with Crippen LogP contribution >= 0.6 is 30.0 Å². The summed E-state index contributed by atoms with van der Waals surface area (Å²) in [7, 11) is -3.22. The molecule has 0 aliphatic heterocycles. The highest BCUT2D eigenvalue weighted by atomic mass is 127. The second-order valence-corrected chi connectivity index (χ2v) is 10.6. The normalized spacial score (nSPS) is 13.7. The van der Waals surface area contributed by atoms with Crippen LogP contribution in [0.15, 0.2) is 24.3 Å². The molecule has 0 saturated heterocycles. The number of hydrogen-bond donors (Lipinski definition) is 2. The van der Waals surface area contributed by atoms with E-state index in [9.17, 15) is 14.6 Å². The molecule has 0 bridgehead atoms. The fourth-order valence-corrected chi connectivity index (χ4v) is 3.92. The lowest BCUT2D eigenvalue weighted by Crippen LogP contribution is -2.04. The Morgan fingerprint density at radius 2 is 1.88 bits per heavy atom. The van der Waals surface area contributed by atoms with Gasteiger partial charge in [-0.2, -0.15) is 0 Å². The van der Waals surface area contributed by atoms with Crippen LogP contribution in [0.3, 0.4) is 0 Å². The average Bonchev–Trinajstić information content (AvgIpc) is 2.54. The van der Waals surface area contributed by atoms with Crippen LogP contribution in [0.4, 0.5) is 0 Å². The first kappa shape index (κ1) is 21.3. The van der Waals surface area contributed by atoms with E-state index in [0.717, 1.165) is 32.2 Å². The van der Waals surface area contributed by atoms with Crippen molar-refractivity contribution < 1.29 is 19.3 Å². The fourth-order valence-electron chi connectivity index (χ4n) is 2.91. The molecule has 4 nitrogen and oxygen atoms in total. The molecule has 0 aliphatic rings. The molecule has 1 atom stereocenters. The van der Waals surface area contributed by atoms with Crippen molar-refractivity contribution >= 4 is 30.0 Å². The summed E-state index contributed by atoms with van der Waals surface area (Å²) < 4.78 is 18.0. The summed E-state index contributed by atoms with van der Waals surface area (Å²) in [5.74, 6) is 1.24. The van der Waals surface area contributed by atoms with E-state index < -0.39 is 7.37 Å². The van der Waals surface area contributed by atoms with Crippen molar-refractivity contribution in [3.8, 4) is 11.5 Å². The Morgan fingerprint density at radius 1 is 1.23 bits per heavy atom. The molecule has 2 rings (SSSR count). The molecular weight excluding hydrogens is 462 g/mol. The second kappa shape index (κ2) is 8.32. The van der Waals surface area contributed by atoms with Gasteiger partial charge < -0.3 is 14.7 Å². The van der Waals surface area contributed by atoms with Crippen LogP contribution in [0.25, 0.3) is 0 Å². The van der Waals surface area contributed by atoms with Crippen molar-refractivity contribution in [2.45, 2.75) is 40.0 Å². The van der Waals surface area contributed by atoms with E-state index in [-0.39, 0.29) is 12.3 Å². The largest absolute Gasteiger partial charge is 0.508 e. The highest BCUT2D eigenvalue weighted by Crippen LogP contribution is 2.38. The number of benzene rings is 2. The molecule has 26 heavy (non-hydrogen) atoms. The number of aryl methyl sites for hydroxylation is 1. The lowest BCUT2D eigenvalue weighted by atomic mass is 9.93. The van der Waals surface area contributed by atoms with Crippen molar-refractivity contribution in [2.24, 2.45) is 0 Å². The number of rotatable bonds is 6. The number of aromatic hydroxyl groups is 1. The number of phenolic OH excluding ortho intramolecular Hbond substituents is 1. The van der Waals surface area contributed by atoms with E-state index in [2.05, 4.69) is 42.5 Å². The zero-order valence-electron chi connectivity index (χ0n) is 15.8. The molecule has 2 aromatic carbocycles. The first-order valence-corrected chi connectivity index (χ1v) is 11.9. The number of ether oxygens (including phenoxy) is 1. The Bertz CT molecular complexity index is 855. The van der Waals surface area contributed by atoms with Gasteiger partial charge in [0.2, 0.25) is 7.37 Å². The first-order chi connectivity index (χ1) is 12.0. The Hall–Kier alpha value is -1.04. The van der Waals surface area contributed by atoms with Crippen molar-refractivity contribution in [3.05, 3.63) is 55.7 Å². The Labute approximate surface area is 169 Å². The van der Waals surface area contributed by atoms with Gasteiger partial charge >= 0.3 is 0 Å². The molecular formula is C20H26IO4P. The minimum absolute atomic E-state index is 0.184. The summed E-state index contributed by atoms with van der Waals surface area (Å²) in [6.07, 6.45) is 0.581. The predicted molar refractivity (Wildman–Crippen MR) is 115 cm³/mol. The zero-order valence-corrected chi connectivity index (χ0v) is 18.9. The summed E-state index contributed by atoms with van der Waals surface area (Å²) in [4.78, 5) is 9.46. The van der Waals surface area contributed by atoms with Crippen LogP contribution in [0.2, 0.25) is 0 Å². The third-order valence-electron chi connectivity index (χ3n) is 4.38. The third-order valence-corrected chi connectivity index (χ3v) is 6.33. The smallest absolute Gasteiger partial charge is 0.233 e.